The molecule has 2 aromatic heterocycles. The molecule has 3 aliphatic heterocycles. The number of likely N-dealkylation sites (tertiary alicyclic amines) is 1. The van der Waals surface area contributed by atoms with Crippen LogP contribution in [0, 0.1) is 11.6 Å². The fourth-order valence-corrected chi connectivity index (χ4v) is 7.29. The highest BCUT2D eigenvalue weighted by Crippen LogP contribution is 2.43. The molecule has 0 aliphatic carbocycles. The highest BCUT2D eigenvalue weighted by molar-refractivity contribution is 7.22. The summed E-state index contributed by atoms with van der Waals surface area (Å²) in [5.74, 6) is -0.477. The molecule has 3 aliphatic rings. The summed E-state index contributed by atoms with van der Waals surface area (Å²) in [6.45, 7) is 2.95. The fourth-order valence-electron chi connectivity index (χ4n) is 6.24. The zero-order chi connectivity index (χ0) is 26.8. The molecule has 0 spiro atoms. The minimum atomic E-state index is -0.624. The number of aromatic nitrogens is 3. The van der Waals surface area contributed by atoms with Crippen molar-refractivity contribution in [2.24, 2.45) is 0 Å². The molecule has 3 atom stereocenters. The molecule has 8 nitrogen and oxygen atoms in total. The molecule has 3 saturated heterocycles. The number of nitrogens with two attached hydrogens (primary N) is 1. The fraction of sp³-hybridized carbons (Fsp3) is 0.444. The number of hydrogen-bond donors (Lipinski definition) is 2. The van der Waals surface area contributed by atoms with Crippen LogP contribution in [0.5, 0.6) is 6.01 Å². The largest absolute Gasteiger partial charge is 0.462 e. The highest BCUT2D eigenvalue weighted by atomic mass is 35.5. The van der Waals surface area contributed by atoms with E-state index in [1.54, 1.807) is 6.07 Å². The quantitative estimate of drug-likeness (QED) is 0.352. The van der Waals surface area contributed by atoms with Gasteiger partial charge in [-0.2, -0.15) is 9.97 Å². The van der Waals surface area contributed by atoms with Gasteiger partial charge in [-0.05, 0) is 57.5 Å². The van der Waals surface area contributed by atoms with Gasteiger partial charge in [0.15, 0.2) is 10.9 Å². The second-order valence-corrected chi connectivity index (χ2v) is 12.2. The number of ether oxygens (including phenoxy) is 1. The summed E-state index contributed by atoms with van der Waals surface area (Å²) >= 11 is 7.78. The molecular formula is C27H28ClF2N7OS. The third-order valence-corrected chi connectivity index (χ3v) is 9.41. The molecule has 0 radical (unpaired) electrons. The lowest BCUT2D eigenvalue weighted by atomic mass is 10.0. The van der Waals surface area contributed by atoms with Crippen LogP contribution in [0.3, 0.4) is 0 Å². The van der Waals surface area contributed by atoms with E-state index in [4.69, 9.17) is 27.1 Å². The summed E-state index contributed by atoms with van der Waals surface area (Å²) in [5, 5.41) is 4.51. The highest BCUT2D eigenvalue weighted by Gasteiger charge is 2.34. The summed E-state index contributed by atoms with van der Waals surface area (Å²) in [5.41, 5.74) is 6.73. The maximum atomic E-state index is 16.5. The van der Waals surface area contributed by atoms with E-state index in [0.29, 0.717) is 35.5 Å². The van der Waals surface area contributed by atoms with Gasteiger partial charge in [-0.25, -0.2) is 13.8 Å². The van der Waals surface area contributed by atoms with E-state index in [1.165, 1.54) is 12.1 Å². The van der Waals surface area contributed by atoms with Crippen LogP contribution >= 0.6 is 22.9 Å². The van der Waals surface area contributed by atoms with E-state index in [0.717, 1.165) is 56.7 Å². The lowest BCUT2D eigenvalue weighted by Crippen LogP contribution is -2.51. The number of rotatable bonds is 5. The number of anilines is 2. The Morgan fingerprint density at radius 1 is 1.13 bits per heavy atom. The number of nitrogens with one attached hydrogen (secondary N) is 1. The Balaban J connectivity index is 1.38. The molecule has 204 valence electrons. The van der Waals surface area contributed by atoms with E-state index in [2.05, 4.69) is 32.1 Å². The number of likely N-dealkylation sites (N-methyl/N-ethyl adjacent to an activating group) is 1. The maximum Gasteiger partial charge on any atom is 0.319 e. The van der Waals surface area contributed by atoms with Gasteiger partial charge in [0.05, 0.1) is 15.2 Å². The molecule has 39 heavy (non-hydrogen) atoms. The zero-order valence-electron chi connectivity index (χ0n) is 21.4. The van der Waals surface area contributed by atoms with Crippen molar-refractivity contribution in [1.29, 1.82) is 0 Å². The Labute approximate surface area is 233 Å². The van der Waals surface area contributed by atoms with Gasteiger partial charge in [0.1, 0.15) is 23.8 Å². The summed E-state index contributed by atoms with van der Waals surface area (Å²) in [7, 11) is 2.08. The van der Waals surface area contributed by atoms with Crippen molar-refractivity contribution in [2.75, 3.05) is 43.9 Å². The second kappa shape index (κ2) is 9.65. The topological polar surface area (TPSA) is 92.4 Å². The van der Waals surface area contributed by atoms with Crippen molar-refractivity contribution in [3.63, 3.8) is 0 Å². The number of halogens is 3. The minimum absolute atomic E-state index is 0.103. The first-order valence-corrected chi connectivity index (χ1v) is 14.4. The van der Waals surface area contributed by atoms with Gasteiger partial charge in [0, 0.05) is 47.7 Å². The van der Waals surface area contributed by atoms with E-state index in [1.807, 2.05) is 0 Å². The summed E-state index contributed by atoms with van der Waals surface area (Å²) in [4.78, 5) is 18.1. The lowest BCUT2D eigenvalue weighted by Gasteiger charge is -2.34. The van der Waals surface area contributed by atoms with Gasteiger partial charge in [-0.1, -0.05) is 22.9 Å². The van der Waals surface area contributed by atoms with E-state index in [-0.39, 0.29) is 43.5 Å². The first-order valence-electron chi connectivity index (χ1n) is 13.2. The number of nitrogens with zero attached hydrogens (tertiary/aromatic N) is 5. The normalized spacial score (nSPS) is 23.4. The number of nitrogen functional groups attached to an aromatic ring is 1. The van der Waals surface area contributed by atoms with Crippen molar-refractivity contribution in [2.45, 2.75) is 43.8 Å². The summed E-state index contributed by atoms with van der Waals surface area (Å²) < 4.78 is 37.4. The van der Waals surface area contributed by atoms with Crippen LogP contribution in [0.2, 0.25) is 5.02 Å². The average Bonchev–Trinajstić information content (AvgIpc) is 3.61. The molecule has 0 saturated carbocycles. The maximum absolute atomic E-state index is 16.5. The van der Waals surface area contributed by atoms with Crippen LogP contribution in [0.15, 0.2) is 18.2 Å². The molecule has 12 heteroatoms. The van der Waals surface area contributed by atoms with Gasteiger partial charge in [0.2, 0.25) is 0 Å². The second-order valence-electron chi connectivity index (χ2n) is 10.7. The Bertz CT molecular complexity index is 1590. The number of hydrogen-bond acceptors (Lipinski definition) is 9. The van der Waals surface area contributed by atoms with Crippen LogP contribution in [0.25, 0.3) is 32.2 Å². The van der Waals surface area contributed by atoms with Gasteiger partial charge < -0.3 is 25.6 Å². The molecule has 3 fully saturated rings. The Kier molecular flexibility index (Phi) is 6.22. The summed E-state index contributed by atoms with van der Waals surface area (Å²) in [6.07, 6.45) is 4.33. The van der Waals surface area contributed by atoms with Crippen LogP contribution in [-0.2, 0) is 0 Å². The Morgan fingerprint density at radius 3 is 2.67 bits per heavy atom. The number of thiazole rings is 1. The molecule has 3 unspecified atom stereocenters. The third-order valence-electron chi connectivity index (χ3n) is 8.22. The first-order chi connectivity index (χ1) is 18.9. The third kappa shape index (κ3) is 4.35. The van der Waals surface area contributed by atoms with Crippen molar-refractivity contribution in [1.82, 2.24) is 25.2 Å². The first kappa shape index (κ1) is 25.1. The molecular weight excluding hydrogens is 544 g/mol. The molecule has 3 N–H and O–H groups in total. The minimum Gasteiger partial charge on any atom is -0.462 e. The molecule has 4 aromatic rings. The lowest BCUT2D eigenvalue weighted by molar-refractivity contribution is 0.188. The molecule has 2 aromatic carbocycles. The molecule has 2 bridgehead atoms. The Morgan fingerprint density at radius 2 is 1.92 bits per heavy atom. The van der Waals surface area contributed by atoms with Crippen LogP contribution < -0.4 is 20.7 Å². The Hall–Kier alpha value is -2.86. The van der Waals surface area contributed by atoms with Gasteiger partial charge in [-0.15, -0.1) is 0 Å². The average molecular weight is 572 g/mol. The van der Waals surface area contributed by atoms with Crippen molar-refractivity contribution in [3.8, 4) is 17.1 Å². The SMILES string of the molecule is CN1CCCC1COc1nc(N2CC3CCC(C2)N3)c2cc(Cl)c(-c3ccc(F)c4sc(N)nc34)c(F)c2n1. The number of piperazine rings is 1. The molecule has 0 amide bonds. The number of benzene rings is 2. The standard InChI is InChI=1S/C27H28ClF2N7OS/c1-36-8-2-3-15(36)12-38-27-34-22-17(25(35-27)37-10-13-4-5-14(11-37)32-13)9-18(28)20(21(22)30)16-6-7-19(29)24-23(16)33-26(31)39-24/h6-7,9,13-15,32H,2-5,8,10-12H2,1H3,(H2,31,33). The molecule has 5 heterocycles. The van der Waals surface area contributed by atoms with Gasteiger partial charge in [0.25, 0.3) is 0 Å². The number of fused-ring (bicyclic) bond motifs is 4. The predicted octanol–water partition coefficient (Wildman–Crippen LogP) is 4.83. The zero-order valence-corrected chi connectivity index (χ0v) is 23.0. The van der Waals surface area contributed by atoms with E-state index in [9.17, 15) is 4.39 Å². The van der Waals surface area contributed by atoms with Crippen molar-refractivity contribution < 1.29 is 13.5 Å². The smallest absolute Gasteiger partial charge is 0.319 e. The van der Waals surface area contributed by atoms with Crippen molar-refractivity contribution in [3.05, 3.63) is 34.9 Å². The van der Waals surface area contributed by atoms with Crippen LogP contribution in [0.4, 0.5) is 19.7 Å². The monoisotopic (exact) mass is 571 g/mol. The van der Waals surface area contributed by atoms with Gasteiger partial charge in [-0.3, -0.25) is 0 Å². The van der Waals surface area contributed by atoms with Gasteiger partial charge >= 0.3 is 6.01 Å². The van der Waals surface area contributed by atoms with E-state index < -0.39 is 11.6 Å². The predicted molar refractivity (Wildman–Crippen MR) is 151 cm³/mol. The van der Waals surface area contributed by atoms with E-state index >= 15 is 4.39 Å². The van der Waals surface area contributed by atoms with Crippen molar-refractivity contribution >= 4 is 55.0 Å². The van der Waals surface area contributed by atoms with Crippen LogP contribution in [0.1, 0.15) is 25.7 Å². The molecule has 7 rings (SSSR count). The summed E-state index contributed by atoms with van der Waals surface area (Å²) in [6, 6.07) is 5.57. The van der Waals surface area contributed by atoms with Crippen LogP contribution in [-0.4, -0.2) is 71.3 Å².